The third kappa shape index (κ3) is 3.61. The van der Waals surface area contributed by atoms with Crippen LogP contribution in [0.1, 0.15) is 44.0 Å². The number of piperidine rings is 1. The molecule has 0 bridgehead atoms. The largest absolute Gasteiger partial charge is 0.382 e. The maximum absolute atomic E-state index is 13.6. The van der Waals surface area contributed by atoms with E-state index in [1.807, 2.05) is 26.1 Å². The molecule has 0 saturated carbocycles. The molecule has 1 aromatic carbocycles. The van der Waals surface area contributed by atoms with Crippen molar-refractivity contribution >= 4 is 11.6 Å². The van der Waals surface area contributed by atoms with Crippen molar-refractivity contribution in [2.24, 2.45) is 0 Å². The second-order valence-electron chi connectivity index (χ2n) is 6.77. The van der Waals surface area contributed by atoms with E-state index in [0.717, 1.165) is 18.5 Å². The zero-order valence-electron chi connectivity index (χ0n) is 13.9. The molecule has 1 fully saturated rings. The van der Waals surface area contributed by atoms with Gasteiger partial charge in [-0.3, -0.25) is 4.90 Å². The summed E-state index contributed by atoms with van der Waals surface area (Å²) in [5.74, 6) is -0.415. The van der Waals surface area contributed by atoms with Crippen molar-refractivity contribution in [3.8, 4) is 0 Å². The molecule has 130 valence electrons. The Bertz CT molecular complexity index is 720. The van der Waals surface area contributed by atoms with E-state index >= 15 is 0 Å². The minimum atomic E-state index is -1.02. The highest BCUT2D eigenvalue weighted by atomic mass is 35.5. The first-order valence-electron chi connectivity index (χ1n) is 8.18. The Morgan fingerprint density at radius 1 is 1.42 bits per heavy atom. The summed E-state index contributed by atoms with van der Waals surface area (Å²) >= 11 is 5.73. The second-order valence-corrected chi connectivity index (χ2v) is 7.18. The third-order valence-electron chi connectivity index (χ3n) is 4.46. The highest BCUT2D eigenvalue weighted by molar-refractivity contribution is 6.30. The minimum Gasteiger partial charge on any atom is -0.382 e. The van der Waals surface area contributed by atoms with E-state index in [9.17, 15) is 9.50 Å². The molecule has 0 aliphatic carbocycles. The lowest BCUT2D eigenvalue weighted by atomic mass is 9.89. The summed E-state index contributed by atoms with van der Waals surface area (Å²) in [7, 11) is 0. The molecule has 1 saturated heterocycles. The fourth-order valence-electron chi connectivity index (χ4n) is 3.11. The summed E-state index contributed by atoms with van der Waals surface area (Å²) in [6.07, 6.45) is 3.31. The van der Waals surface area contributed by atoms with Crippen molar-refractivity contribution in [1.82, 2.24) is 19.9 Å². The molecule has 24 heavy (non-hydrogen) atoms. The number of hydrogen-bond donors (Lipinski definition) is 1. The van der Waals surface area contributed by atoms with Crippen molar-refractivity contribution in [3.05, 3.63) is 46.5 Å². The van der Waals surface area contributed by atoms with Gasteiger partial charge in [0.2, 0.25) is 0 Å². The molecule has 0 unspecified atom stereocenters. The van der Waals surface area contributed by atoms with Crippen LogP contribution >= 0.6 is 11.6 Å². The summed E-state index contributed by atoms with van der Waals surface area (Å²) in [5.41, 5.74) is 0.422. The van der Waals surface area contributed by atoms with Gasteiger partial charge >= 0.3 is 0 Å². The Kier molecular flexibility index (Phi) is 4.90. The van der Waals surface area contributed by atoms with E-state index < -0.39 is 11.4 Å². The van der Waals surface area contributed by atoms with Gasteiger partial charge < -0.3 is 5.11 Å². The number of hydrogen-bond acceptors (Lipinski definition) is 4. The predicted molar refractivity (Wildman–Crippen MR) is 90.2 cm³/mol. The van der Waals surface area contributed by atoms with Gasteiger partial charge in [-0.2, -0.15) is 0 Å². The number of β-amino-alcohol motifs (C(OH)–C–C–N with tert-alkyl or cyclic N) is 1. The normalized spacial score (nSPS) is 22.2. The van der Waals surface area contributed by atoms with Crippen molar-refractivity contribution < 1.29 is 9.50 Å². The zero-order valence-corrected chi connectivity index (χ0v) is 14.7. The first kappa shape index (κ1) is 17.3. The lowest BCUT2D eigenvalue weighted by Crippen LogP contribution is -2.45. The number of aliphatic hydroxyl groups is 1. The molecule has 1 atom stereocenters. The molecule has 1 aromatic heterocycles. The van der Waals surface area contributed by atoms with Crippen molar-refractivity contribution in [1.29, 1.82) is 0 Å². The highest BCUT2D eigenvalue weighted by Gasteiger charge is 2.37. The van der Waals surface area contributed by atoms with Crippen LogP contribution in [0.5, 0.6) is 0 Å². The number of benzene rings is 1. The Morgan fingerprint density at radius 3 is 2.88 bits per heavy atom. The monoisotopic (exact) mass is 352 g/mol. The molecule has 0 spiro atoms. The molecule has 7 heteroatoms. The summed E-state index contributed by atoms with van der Waals surface area (Å²) in [6.45, 7) is 5.91. The lowest BCUT2D eigenvalue weighted by Gasteiger charge is -2.38. The first-order chi connectivity index (χ1) is 11.4. The van der Waals surface area contributed by atoms with Crippen LogP contribution in [0.4, 0.5) is 4.39 Å². The molecular weight excluding hydrogens is 331 g/mol. The summed E-state index contributed by atoms with van der Waals surface area (Å²) in [4.78, 5) is 2.11. The van der Waals surface area contributed by atoms with Crippen molar-refractivity contribution in [2.75, 3.05) is 13.1 Å². The van der Waals surface area contributed by atoms with E-state index in [1.165, 1.54) is 6.07 Å². The second kappa shape index (κ2) is 6.78. The van der Waals surface area contributed by atoms with E-state index in [0.29, 0.717) is 25.2 Å². The average molecular weight is 353 g/mol. The van der Waals surface area contributed by atoms with Gasteiger partial charge in [0.05, 0.1) is 11.2 Å². The van der Waals surface area contributed by atoms with Gasteiger partial charge in [0.15, 0.2) is 0 Å². The summed E-state index contributed by atoms with van der Waals surface area (Å²) in [6, 6.07) is 5.03. The van der Waals surface area contributed by atoms with Crippen molar-refractivity contribution in [2.45, 2.75) is 44.9 Å². The van der Waals surface area contributed by atoms with E-state index in [4.69, 9.17) is 11.6 Å². The maximum atomic E-state index is 13.6. The van der Waals surface area contributed by atoms with Crippen LogP contribution in [0, 0.1) is 5.82 Å². The number of halogens is 2. The highest BCUT2D eigenvalue weighted by Crippen LogP contribution is 2.31. The average Bonchev–Trinajstić information content (AvgIpc) is 3.02. The smallest absolute Gasteiger partial charge is 0.142 e. The van der Waals surface area contributed by atoms with Gasteiger partial charge in [-0.05, 0) is 50.9 Å². The van der Waals surface area contributed by atoms with Crippen LogP contribution in [0.25, 0.3) is 0 Å². The van der Waals surface area contributed by atoms with Crippen LogP contribution in [0.15, 0.2) is 24.4 Å². The molecule has 5 nitrogen and oxygen atoms in total. The van der Waals surface area contributed by atoms with Gasteiger partial charge in [0, 0.05) is 19.1 Å². The Labute approximate surface area is 146 Å². The topological polar surface area (TPSA) is 54.2 Å². The predicted octanol–water partition coefficient (Wildman–Crippen LogP) is 3.14. The van der Waals surface area contributed by atoms with Crippen LogP contribution in [0.2, 0.25) is 5.02 Å². The summed E-state index contributed by atoms with van der Waals surface area (Å²) < 4.78 is 15.4. The molecule has 1 aliphatic rings. The standard InChI is InChI=1S/C17H22ClFN4O/c1-12(2)23-10-16(20-21-23)17(24)6-3-7-22(11-17)9-13-4-5-14(18)15(19)8-13/h4-5,8,10,12,24H,3,6-7,9,11H2,1-2H3/t17-/m1/s1. The summed E-state index contributed by atoms with van der Waals surface area (Å²) in [5, 5.41) is 19.4. The Balaban J connectivity index is 1.73. The third-order valence-corrected chi connectivity index (χ3v) is 4.76. The quantitative estimate of drug-likeness (QED) is 0.918. The van der Waals surface area contributed by atoms with Crippen LogP contribution in [-0.2, 0) is 12.1 Å². The van der Waals surface area contributed by atoms with E-state index in [2.05, 4.69) is 15.2 Å². The fraction of sp³-hybridized carbons (Fsp3) is 0.529. The fourth-order valence-corrected chi connectivity index (χ4v) is 3.22. The Morgan fingerprint density at radius 2 is 2.21 bits per heavy atom. The van der Waals surface area contributed by atoms with Crippen molar-refractivity contribution in [3.63, 3.8) is 0 Å². The molecule has 1 aliphatic heterocycles. The van der Waals surface area contributed by atoms with Gasteiger partial charge in [-0.1, -0.05) is 22.9 Å². The SMILES string of the molecule is CC(C)n1cc([C@@]2(O)CCCN(Cc3ccc(Cl)c(F)c3)C2)nn1. The number of nitrogens with zero attached hydrogens (tertiary/aromatic N) is 4. The number of aromatic nitrogens is 3. The lowest BCUT2D eigenvalue weighted by molar-refractivity contribution is -0.0414. The maximum Gasteiger partial charge on any atom is 0.142 e. The molecule has 2 aromatic rings. The van der Waals surface area contributed by atoms with Crippen LogP contribution in [0.3, 0.4) is 0 Å². The van der Waals surface area contributed by atoms with Gasteiger partial charge in [-0.15, -0.1) is 5.10 Å². The Hall–Kier alpha value is -1.50. The van der Waals surface area contributed by atoms with E-state index in [-0.39, 0.29) is 11.1 Å². The molecule has 2 heterocycles. The van der Waals surface area contributed by atoms with Crippen LogP contribution < -0.4 is 0 Å². The van der Waals surface area contributed by atoms with Crippen LogP contribution in [-0.4, -0.2) is 38.1 Å². The number of likely N-dealkylation sites (tertiary alicyclic amines) is 1. The molecule has 1 N–H and O–H groups in total. The van der Waals surface area contributed by atoms with Gasteiger partial charge in [-0.25, -0.2) is 9.07 Å². The first-order valence-corrected chi connectivity index (χ1v) is 8.56. The number of rotatable bonds is 4. The molecular formula is C17H22ClFN4O. The minimum absolute atomic E-state index is 0.124. The zero-order chi connectivity index (χ0) is 17.3. The molecule has 0 amide bonds. The van der Waals surface area contributed by atoms with E-state index in [1.54, 1.807) is 10.7 Å². The van der Waals surface area contributed by atoms with Gasteiger partial charge in [0.25, 0.3) is 0 Å². The molecule has 0 radical (unpaired) electrons. The molecule has 3 rings (SSSR count). The van der Waals surface area contributed by atoms with Gasteiger partial charge in [0.1, 0.15) is 17.1 Å².